The van der Waals surface area contributed by atoms with Crippen molar-refractivity contribution in [1.29, 1.82) is 0 Å². The van der Waals surface area contributed by atoms with E-state index in [2.05, 4.69) is 17.4 Å². The van der Waals surface area contributed by atoms with Gasteiger partial charge in [0.1, 0.15) is 18.0 Å². The maximum absolute atomic E-state index is 13.5. The van der Waals surface area contributed by atoms with Crippen LogP contribution < -0.4 is 19.1 Å². The van der Waals surface area contributed by atoms with Gasteiger partial charge in [0.2, 0.25) is 5.91 Å². The van der Waals surface area contributed by atoms with Crippen molar-refractivity contribution in [3.05, 3.63) is 84.4 Å². The Morgan fingerprint density at radius 1 is 0.912 bits per heavy atom. The van der Waals surface area contributed by atoms with Gasteiger partial charge in [-0.1, -0.05) is 42.5 Å². The zero-order chi connectivity index (χ0) is 24.4. The van der Waals surface area contributed by atoms with Crippen molar-refractivity contribution in [2.75, 3.05) is 37.4 Å². The van der Waals surface area contributed by atoms with Crippen LogP contribution in [0.2, 0.25) is 0 Å². The van der Waals surface area contributed by atoms with Gasteiger partial charge in [-0.05, 0) is 42.0 Å². The van der Waals surface area contributed by atoms with Crippen LogP contribution in [0.25, 0.3) is 0 Å². The minimum Gasteiger partial charge on any atom is -0.497 e. The van der Waals surface area contributed by atoms with Crippen LogP contribution in [0, 0.1) is 0 Å². The Morgan fingerprint density at radius 2 is 1.59 bits per heavy atom. The van der Waals surface area contributed by atoms with Crippen LogP contribution in [-0.4, -0.2) is 47.4 Å². The minimum atomic E-state index is -4.05. The van der Waals surface area contributed by atoms with E-state index in [-0.39, 0.29) is 17.1 Å². The van der Waals surface area contributed by atoms with E-state index < -0.39 is 15.9 Å². The maximum atomic E-state index is 13.5. The molecule has 0 radical (unpaired) electrons. The monoisotopic (exact) mass is 500 g/mol. The number of carbonyl (C=O) groups excluding carboxylic acids is 1. The van der Waals surface area contributed by atoms with Crippen molar-refractivity contribution in [1.82, 2.24) is 5.32 Å². The molecular formula is C25H28N2O5S2. The average Bonchev–Trinajstić information content (AvgIpc) is 2.87. The van der Waals surface area contributed by atoms with Gasteiger partial charge < -0.3 is 14.8 Å². The highest BCUT2D eigenvalue weighted by atomic mass is 32.2. The summed E-state index contributed by atoms with van der Waals surface area (Å²) < 4.78 is 38.6. The van der Waals surface area contributed by atoms with Gasteiger partial charge in [-0.15, -0.1) is 0 Å². The summed E-state index contributed by atoms with van der Waals surface area (Å²) in [7, 11) is -1.08. The molecule has 3 aromatic carbocycles. The Morgan fingerprint density at radius 3 is 2.26 bits per heavy atom. The number of anilines is 1. The van der Waals surface area contributed by atoms with E-state index >= 15 is 0 Å². The smallest absolute Gasteiger partial charge is 0.264 e. The van der Waals surface area contributed by atoms with Gasteiger partial charge in [0.25, 0.3) is 10.0 Å². The van der Waals surface area contributed by atoms with Crippen molar-refractivity contribution < 1.29 is 22.7 Å². The topological polar surface area (TPSA) is 84.9 Å². The number of nitrogens with one attached hydrogen (secondary N) is 1. The summed E-state index contributed by atoms with van der Waals surface area (Å²) >= 11 is 1.70. The van der Waals surface area contributed by atoms with Crippen LogP contribution in [0.15, 0.2) is 83.8 Å². The fourth-order valence-electron chi connectivity index (χ4n) is 3.22. The third kappa shape index (κ3) is 6.68. The molecule has 0 bridgehead atoms. The molecule has 180 valence electrons. The number of carbonyl (C=O) groups is 1. The van der Waals surface area contributed by atoms with E-state index in [0.717, 1.165) is 10.1 Å². The summed E-state index contributed by atoms with van der Waals surface area (Å²) in [5.74, 6) is 2.04. The molecule has 0 fully saturated rings. The lowest BCUT2D eigenvalue weighted by atomic mass is 10.2. The maximum Gasteiger partial charge on any atom is 0.264 e. The van der Waals surface area contributed by atoms with E-state index in [0.29, 0.717) is 23.8 Å². The van der Waals surface area contributed by atoms with Crippen LogP contribution in [0.5, 0.6) is 11.5 Å². The molecular weight excluding hydrogens is 472 g/mol. The van der Waals surface area contributed by atoms with Gasteiger partial charge in [0.05, 0.1) is 24.8 Å². The lowest BCUT2D eigenvalue weighted by Gasteiger charge is -2.25. The summed E-state index contributed by atoms with van der Waals surface area (Å²) in [4.78, 5) is 12.8. The van der Waals surface area contributed by atoms with E-state index in [1.807, 2.05) is 18.2 Å². The third-order valence-corrected chi connectivity index (χ3v) is 7.77. The molecule has 0 unspecified atom stereocenters. The van der Waals surface area contributed by atoms with E-state index in [1.165, 1.54) is 31.9 Å². The second-order valence-electron chi connectivity index (χ2n) is 7.25. The number of hydrogen-bond acceptors (Lipinski definition) is 6. The van der Waals surface area contributed by atoms with E-state index in [1.54, 1.807) is 48.2 Å². The summed E-state index contributed by atoms with van der Waals surface area (Å²) in [6, 6.07) is 22.8. The molecule has 3 aromatic rings. The largest absolute Gasteiger partial charge is 0.497 e. The number of nitrogens with zero attached hydrogens (tertiary/aromatic N) is 1. The average molecular weight is 501 g/mol. The number of methoxy groups -OCH3 is 2. The van der Waals surface area contributed by atoms with E-state index in [4.69, 9.17) is 9.47 Å². The first-order valence-corrected chi connectivity index (χ1v) is 13.2. The van der Waals surface area contributed by atoms with Gasteiger partial charge >= 0.3 is 0 Å². The Hall–Kier alpha value is -3.17. The first-order valence-electron chi connectivity index (χ1n) is 10.6. The predicted octanol–water partition coefficient (Wildman–Crippen LogP) is 3.95. The Kier molecular flexibility index (Phi) is 9.24. The first-order chi connectivity index (χ1) is 16.5. The molecule has 0 saturated carbocycles. The number of benzene rings is 3. The standard InChI is InChI=1S/C25H28N2O5S2/c1-31-21-12-14-22(15-13-21)34(29,30)27(23-10-6-7-11-24(23)32-2)18-25(28)26-16-17-33-19-20-8-4-3-5-9-20/h3-15H,16-19H2,1-2H3,(H,26,28). The summed E-state index contributed by atoms with van der Waals surface area (Å²) in [6.45, 7) is 0.0524. The van der Waals surface area contributed by atoms with Gasteiger partial charge in [-0.25, -0.2) is 8.42 Å². The Bertz CT molecular complexity index is 1170. The zero-order valence-electron chi connectivity index (χ0n) is 19.1. The molecule has 0 saturated heterocycles. The molecule has 1 amide bonds. The highest BCUT2D eigenvalue weighted by Gasteiger charge is 2.29. The molecule has 0 heterocycles. The molecule has 3 rings (SSSR count). The zero-order valence-corrected chi connectivity index (χ0v) is 20.8. The molecule has 0 atom stereocenters. The summed E-state index contributed by atoms with van der Waals surface area (Å²) in [6.07, 6.45) is 0. The van der Waals surface area contributed by atoms with Gasteiger partial charge in [0.15, 0.2) is 0 Å². The third-order valence-electron chi connectivity index (χ3n) is 4.97. The highest BCUT2D eigenvalue weighted by Crippen LogP contribution is 2.32. The van der Waals surface area contributed by atoms with Gasteiger partial charge in [-0.3, -0.25) is 9.10 Å². The van der Waals surface area contributed by atoms with Crippen LogP contribution in [0.1, 0.15) is 5.56 Å². The fourth-order valence-corrected chi connectivity index (χ4v) is 5.47. The molecule has 7 nitrogen and oxygen atoms in total. The van der Waals surface area contributed by atoms with Crippen LogP contribution >= 0.6 is 11.8 Å². The number of amides is 1. The van der Waals surface area contributed by atoms with Crippen molar-refractivity contribution >= 4 is 33.4 Å². The van der Waals surface area contributed by atoms with Crippen LogP contribution in [-0.2, 0) is 20.6 Å². The lowest BCUT2D eigenvalue weighted by molar-refractivity contribution is -0.119. The predicted molar refractivity (Wildman–Crippen MR) is 136 cm³/mol. The van der Waals surface area contributed by atoms with E-state index in [9.17, 15) is 13.2 Å². The van der Waals surface area contributed by atoms with Gasteiger partial charge in [-0.2, -0.15) is 11.8 Å². The molecule has 0 aliphatic heterocycles. The second-order valence-corrected chi connectivity index (χ2v) is 10.2. The molecule has 0 aliphatic rings. The molecule has 0 spiro atoms. The first kappa shape index (κ1) is 25.5. The number of para-hydroxylation sites is 2. The number of rotatable bonds is 12. The normalized spacial score (nSPS) is 11.0. The van der Waals surface area contributed by atoms with Crippen molar-refractivity contribution in [3.63, 3.8) is 0 Å². The minimum absolute atomic E-state index is 0.0467. The number of thioether (sulfide) groups is 1. The lowest BCUT2D eigenvalue weighted by Crippen LogP contribution is -2.41. The second kappa shape index (κ2) is 12.3. The van der Waals surface area contributed by atoms with Gasteiger partial charge in [0, 0.05) is 18.1 Å². The molecule has 34 heavy (non-hydrogen) atoms. The highest BCUT2D eigenvalue weighted by molar-refractivity contribution is 7.98. The summed E-state index contributed by atoms with van der Waals surface area (Å²) in [5, 5.41) is 2.82. The SMILES string of the molecule is COc1ccc(S(=O)(=O)N(CC(=O)NCCSCc2ccccc2)c2ccccc2OC)cc1. The molecule has 9 heteroatoms. The van der Waals surface area contributed by atoms with Crippen molar-refractivity contribution in [3.8, 4) is 11.5 Å². The quantitative estimate of drug-likeness (QED) is 0.379. The number of sulfonamides is 1. The van der Waals surface area contributed by atoms with Crippen LogP contribution in [0.4, 0.5) is 5.69 Å². The fraction of sp³-hybridized carbons (Fsp3) is 0.240. The van der Waals surface area contributed by atoms with Crippen molar-refractivity contribution in [2.24, 2.45) is 0 Å². The number of ether oxygens (including phenoxy) is 2. The Labute approximate surface area is 205 Å². The summed E-state index contributed by atoms with van der Waals surface area (Å²) in [5.41, 5.74) is 1.50. The van der Waals surface area contributed by atoms with Crippen LogP contribution in [0.3, 0.4) is 0 Å². The molecule has 1 N–H and O–H groups in total. The molecule has 0 aliphatic carbocycles. The van der Waals surface area contributed by atoms with Crippen molar-refractivity contribution in [2.45, 2.75) is 10.6 Å². The molecule has 0 aromatic heterocycles. The Balaban J connectivity index is 1.71. The number of hydrogen-bond donors (Lipinski definition) is 1.